The summed E-state index contributed by atoms with van der Waals surface area (Å²) in [5.41, 5.74) is 0.821. The molecule has 0 bridgehead atoms. The fourth-order valence-corrected chi connectivity index (χ4v) is 6.88. The summed E-state index contributed by atoms with van der Waals surface area (Å²) in [7, 11) is -2.18. The average molecular weight is 508 g/mol. The molecule has 0 aliphatic carbocycles. The lowest BCUT2D eigenvalue weighted by Crippen LogP contribution is -2.32. The lowest BCUT2D eigenvalue weighted by Gasteiger charge is -2.24. The number of rotatable bonds is 7. The number of thioether (sulfide) groups is 1. The van der Waals surface area contributed by atoms with Crippen LogP contribution < -0.4 is 5.32 Å². The number of amides is 1. The highest BCUT2D eigenvalue weighted by molar-refractivity contribution is 7.99. The summed E-state index contributed by atoms with van der Waals surface area (Å²) in [4.78, 5) is 12.1. The van der Waals surface area contributed by atoms with Crippen molar-refractivity contribution in [3.8, 4) is 5.69 Å². The van der Waals surface area contributed by atoms with Gasteiger partial charge in [-0.25, -0.2) is 8.42 Å². The zero-order valence-corrected chi connectivity index (χ0v) is 20.8. The van der Waals surface area contributed by atoms with Gasteiger partial charge in [-0.15, -0.1) is 10.2 Å². The van der Waals surface area contributed by atoms with Gasteiger partial charge in [0.15, 0.2) is 11.0 Å². The van der Waals surface area contributed by atoms with Crippen LogP contribution in [0.25, 0.3) is 16.5 Å². The summed E-state index contributed by atoms with van der Waals surface area (Å²) in [5, 5.41) is 13.8. The lowest BCUT2D eigenvalue weighted by molar-refractivity contribution is -0.118. The Hall–Kier alpha value is -3.21. The van der Waals surface area contributed by atoms with Gasteiger partial charge in [-0.3, -0.25) is 9.36 Å². The molecule has 0 unspecified atom stereocenters. The smallest absolute Gasteiger partial charge is 0.243 e. The third-order valence-electron chi connectivity index (χ3n) is 6.11. The molecule has 0 saturated carbocycles. The number of sulfonamides is 1. The van der Waals surface area contributed by atoms with Crippen LogP contribution in [0, 0.1) is 0 Å². The first-order chi connectivity index (χ1) is 17.0. The minimum Gasteiger partial charge on any atom is -0.358 e. The molecule has 1 aromatic heterocycles. The second-order valence-electron chi connectivity index (χ2n) is 8.26. The molecule has 1 saturated heterocycles. The fraction of sp³-hybridized carbons (Fsp3) is 0.240. The van der Waals surface area contributed by atoms with Crippen molar-refractivity contribution in [3.63, 3.8) is 0 Å². The number of para-hydroxylation sites is 1. The van der Waals surface area contributed by atoms with E-state index < -0.39 is 16.1 Å². The van der Waals surface area contributed by atoms with Gasteiger partial charge in [0, 0.05) is 19.3 Å². The lowest BCUT2D eigenvalue weighted by atomic mass is 10.1. The Balaban J connectivity index is 1.54. The molecule has 4 aromatic rings. The van der Waals surface area contributed by atoms with E-state index in [1.54, 1.807) is 19.2 Å². The van der Waals surface area contributed by atoms with E-state index in [-0.39, 0.29) is 16.6 Å². The number of nitrogens with zero attached hydrogens (tertiary/aromatic N) is 4. The predicted molar refractivity (Wildman–Crippen MR) is 136 cm³/mol. The van der Waals surface area contributed by atoms with Crippen LogP contribution in [0.1, 0.15) is 24.7 Å². The van der Waals surface area contributed by atoms with E-state index in [4.69, 9.17) is 0 Å². The molecular formula is C25H25N5O3S2. The van der Waals surface area contributed by atoms with Crippen LogP contribution in [0.3, 0.4) is 0 Å². The van der Waals surface area contributed by atoms with Crippen LogP contribution in [0.15, 0.2) is 82.8 Å². The quantitative estimate of drug-likeness (QED) is 0.383. The topological polar surface area (TPSA) is 97.2 Å². The van der Waals surface area contributed by atoms with Crippen molar-refractivity contribution < 1.29 is 13.2 Å². The van der Waals surface area contributed by atoms with Gasteiger partial charge in [0.1, 0.15) is 0 Å². The Labute approximate surface area is 208 Å². The van der Waals surface area contributed by atoms with E-state index in [1.165, 1.54) is 16.1 Å². The Bertz CT molecular complexity index is 1470. The molecule has 1 N–H and O–H groups in total. The van der Waals surface area contributed by atoms with E-state index in [2.05, 4.69) is 15.5 Å². The maximum atomic E-state index is 13.8. The van der Waals surface area contributed by atoms with Crippen molar-refractivity contribution in [2.75, 3.05) is 19.3 Å². The zero-order valence-electron chi connectivity index (χ0n) is 19.2. The third-order valence-corrected chi connectivity index (χ3v) is 8.95. The number of carbonyl (C=O) groups excluding carboxylic acids is 1. The highest BCUT2D eigenvalue weighted by Gasteiger charge is 2.39. The molecule has 1 fully saturated rings. The Morgan fingerprint density at radius 1 is 1.03 bits per heavy atom. The van der Waals surface area contributed by atoms with Gasteiger partial charge >= 0.3 is 0 Å². The number of hydrogen-bond donors (Lipinski definition) is 1. The maximum absolute atomic E-state index is 13.8. The molecule has 5 rings (SSSR count). The highest BCUT2D eigenvalue weighted by atomic mass is 32.2. The van der Waals surface area contributed by atoms with E-state index in [0.29, 0.717) is 23.9 Å². The number of nitrogens with one attached hydrogen (secondary N) is 1. The largest absolute Gasteiger partial charge is 0.358 e. The van der Waals surface area contributed by atoms with Gasteiger partial charge in [0.05, 0.1) is 16.7 Å². The molecule has 1 aliphatic heterocycles. The number of hydrogen-bond acceptors (Lipinski definition) is 6. The summed E-state index contributed by atoms with van der Waals surface area (Å²) in [6, 6.07) is 22.1. The van der Waals surface area contributed by atoms with Crippen molar-refractivity contribution in [1.82, 2.24) is 24.4 Å². The standard InChI is InChI=1S/C25H25N5O3S2/c1-26-23(31)17-34-25-28-27-24(30(25)20-10-3-2-4-11-20)22-12-7-15-29(22)35(32,33)21-14-13-18-8-5-6-9-19(18)16-21/h2-6,8-11,13-14,16,22H,7,12,15,17H2,1H3,(H,26,31)/t22-/m1/s1. The molecule has 0 spiro atoms. The summed E-state index contributed by atoms with van der Waals surface area (Å²) < 4.78 is 31.0. The fourth-order valence-electron chi connectivity index (χ4n) is 4.36. The summed E-state index contributed by atoms with van der Waals surface area (Å²) >= 11 is 1.27. The second kappa shape index (κ2) is 9.80. The molecular weight excluding hydrogens is 482 g/mol. The number of fused-ring (bicyclic) bond motifs is 1. The monoisotopic (exact) mass is 507 g/mol. The van der Waals surface area contributed by atoms with Crippen molar-refractivity contribution in [2.24, 2.45) is 0 Å². The van der Waals surface area contributed by atoms with Crippen molar-refractivity contribution >= 4 is 38.5 Å². The van der Waals surface area contributed by atoms with Crippen molar-refractivity contribution in [1.29, 1.82) is 0 Å². The van der Waals surface area contributed by atoms with Gasteiger partial charge in [-0.05, 0) is 47.9 Å². The highest BCUT2D eigenvalue weighted by Crippen LogP contribution is 2.38. The molecule has 35 heavy (non-hydrogen) atoms. The molecule has 3 aromatic carbocycles. The van der Waals surface area contributed by atoms with Crippen molar-refractivity contribution in [2.45, 2.75) is 28.9 Å². The van der Waals surface area contributed by atoms with Gasteiger partial charge in [0.2, 0.25) is 15.9 Å². The Morgan fingerprint density at radius 3 is 2.54 bits per heavy atom. The van der Waals surface area contributed by atoms with Crippen LogP contribution in [0.4, 0.5) is 0 Å². The zero-order chi connectivity index (χ0) is 24.4. The molecule has 8 nitrogen and oxygen atoms in total. The van der Waals surface area contributed by atoms with Crippen LogP contribution in [0.5, 0.6) is 0 Å². The van der Waals surface area contributed by atoms with Gasteiger partial charge in [0.25, 0.3) is 0 Å². The van der Waals surface area contributed by atoms with E-state index >= 15 is 0 Å². The summed E-state index contributed by atoms with van der Waals surface area (Å²) in [6.07, 6.45) is 1.36. The van der Waals surface area contributed by atoms with E-state index in [0.717, 1.165) is 22.9 Å². The van der Waals surface area contributed by atoms with E-state index in [9.17, 15) is 13.2 Å². The molecule has 2 heterocycles. The Morgan fingerprint density at radius 2 is 1.77 bits per heavy atom. The first kappa shape index (κ1) is 23.5. The molecule has 1 aliphatic rings. The number of carbonyl (C=O) groups is 1. The first-order valence-corrected chi connectivity index (χ1v) is 13.8. The van der Waals surface area contributed by atoms with Gasteiger partial charge < -0.3 is 5.32 Å². The molecule has 10 heteroatoms. The number of aromatic nitrogens is 3. The van der Waals surface area contributed by atoms with Crippen LogP contribution in [0.2, 0.25) is 0 Å². The van der Waals surface area contributed by atoms with Crippen LogP contribution in [-0.2, 0) is 14.8 Å². The summed E-state index contributed by atoms with van der Waals surface area (Å²) in [5.74, 6) is 0.614. The van der Waals surface area contributed by atoms with Gasteiger partial charge in [-0.1, -0.05) is 60.3 Å². The normalized spacial score (nSPS) is 16.5. The molecule has 1 amide bonds. The minimum atomic E-state index is -3.77. The number of benzene rings is 3. The third kappa shape index (κ3) is 4.56. The van der Waals surface area contributed by atoms with E-state index in [1.807, 2.05) is 65.2 Å². The second-order valence-corrected chi connectivity index (χ2v) is 11.1. The SMILES string of the molecule is CNC(=O)CSc1nnc([C@H]2CCCN2S(=O)(=O)c2ccc3ccccc3c2)n1-c1ccccc1. The predicted octanol–water partition coefficient (Wildman–Crippen LogP) is 3.78. The summed E-state index contributed by atoms with van der Waals surface area (Å²) in [6.45, 7) is 0.405. The van der Waals surface area contributed by atoms with Gasteiger partial charge in [-0.2, -0.15) is 4.31 Å². The van der Waals surface area contributed by atoms with Crippen molar-refractivity contribution in [3.05, 3.63) is 78.6 Å². The van der Waals surface area contributed by atoms with Crippen LogP contribution >= 0.6 is 11.8 Å². The molecule has 180 valence electrons. The minimum absolute atomic E-state index is 0.125. The van der Waals surface area contributed by atoms with Crippen LogP contribution in [-0.4, -0.2) is 52.7 Å². The molecule has 1 atom stereocenters. The maximum Gasteiger partial charge on any atom is 0.243 e. The Kier molecular flexibility index (Phi) is 6.59. The first-order valence-electron chi connectivity index (χ1n) is 11.3. The average Bonchev–Trinajstić information content (AvgIpc) is 3.55. The molecule has 0 radical (unpaired) electrons.